The van der Waals surface area contributed by atoms with Crippen molar-refractivity contribution < 1.29 is 15.0 Å². The van der Waals surface area contributed by atoms with Crippen molar-refractivity contribution in [2.45, 2.75) is 6.10 Å². The van der Waals surface area contributed by atoms with Crippen LogP contribution < -0.4 is 0 Å². The van der Waals surface area contributed by atoms with E-state index >= 15 is 0 Å². The third-order valence-corrected chi connectivity index (χ3v) is 4.04. The highest BCUT2D eigenvalue weighted by Gasteiger charge is 2.19. The molecule has 3 nitrogen and oxygen atoms in total. The van der Waals surface area contributed by atoms with Crippen LogP contribution in [0.5, 0.6) is 0 Å². The molecule has 0 saturated heterocycles. The van der Waals surface area contributed by atoms with E-state index in [1.165, 1.54) is 0 Å². The van der Waals surface area contributed by atoms with Crippen LogP contribution in [0.4, 0.5) is 0 Å². The minimum Gasteiger partial charge on any atom is -0.479 e. The minimum atomic E-state index is -1.47. The lowest BCUT2D eigenvalue weighted by Crippen LogP contribution is -2.11. The summed E-state index contributed by atoms with van der Waals surface area (Å²) in [6.45, 7) is 0. The molecular formula is C8H6BrIO3. The number of benzene rings is 1. The van der Waals surface area contributed by atoms with E-state index in [-0.39, 0.29) is 0 Å². The van der Waals surface area contributed by atoms with Crippen LogP contribution in [-0.4, -0.2) is 16.2 Å². The topological polar surface area (TPSA) is 57.5 Å². The largest absolute Gasteiger partial charge is 0.479 e. The van der Waals surface area contributed by atoms with Gasteiger partial charge in [-0.25, -0.2) is 4.79 Å². The number of aliphatic hydroxyl groups excluding tert-OH is 1. The Hall–Kier alpha value is -0.140. The molecule has 5 heteroatoms. The Morgan fingerprint density at radius 3 is 2.69 bits per heavy atom. The molecule has 1 unspecified atom stereocenters. The molecule has 1 aromatic carbocycles. The third kappa shape index (κ3) is 2.41. The van der Waals surface area contributed by atoms with Gasteiger partial charge in [0.25, 0.3) is 0 Å². The van der Waals surface area contributed by atoms with Crippen LogP contribution >= 0.6 is 38.5 Å². The Morgan fingerprint density at radius 2 is 2.15 bits per heavy atom. The molecule has 1 rings (SSSR count). The third-order valence-electron chi connectivity index (χ3n) is 1.51. The van der Waals surface area contributed by atoms with Gasteiger partial charge in [0.05, 0.1) is 0 Å². The number of carbonyl (C=O) groups is 1. The first-order valence-electron chi connectivity index (χ1n) is 3.39. The van der Waals surface area contributed by atoms with E-state index in [0.717, 1.165) is 3.57 Å². The van der Waals surface area contributed by atoms with Crippen molar-refractivity contribution in [3.63, 3.8) is 0 Å². The van der Waals surface area contributed by atoms with E-state index in [1.807, 2.05) is 6.07 Å². The summed E-state index contributed by atoms with van der Waals surface area (Å²) in [5.41, 5.74) is 0.374. The molecule has 13 heavy (non-hydrogen) atoms. The van der Waals surface area contributed by atoms with Crippen molar-refractivity contribution in [2.24, 2.45) is 0 Å². The van der Waals surface area contributed by atoms with E-state index in [0.29, 0.717) is 10.0 Å². The summed E-state index contributed by atoms with van der Waals surface area (Å²) in [7, 11) is 0. The lowest BCUT2D eigenvalue weighted by molar-refractivity contribution is -0.147. The minimum absolute atomic E-state index is 0.374. The number of hydrogen-bond donors (Lipinski definition) is 2. The zero-order chi connectivity index (χ0) is 10.0. The van der Waals surface area contributed by atoms with E-state index in [9.17, 15) is 9.90 Å². The molecule has 1 aromatic rings. The van der Waals surface area contributed by atoms with Crippen LogP contribution in [0.3, 0.4) is 0 Å². The average Bonchev–Trinajstić information content (AvgIpc) is 2.08. The lowest BCUT2D eigenvalue weighted by Gasteiger charge is -2.08. The molecule has 70 valence electrons. The van der Waals surface area contributed by atoms with Crippen molar-refractivity contribution >= 4 is 44.5 Å². The Balaban J connectivity index is 3.15. The summed E-state index contributed by atoms with van der Waals surface area (Å²) in [4.78, 5) is 10.5. The maximum absolute atomic E-state index is 10.5. The van der Waals surface area contributed by atoms with Gasteiger partial charge in [0.2, 0.25) is 0 Å². The van der Waals surface area contributed by atoms with Crippen LogP contribution in [0.25, 0.3) is 0 Å². The summed E-state index contributed by atoms with van der Waals surface area (Å²) >= 11 is 5.27. The highest BCUT2D eigenvalue weighted by molar-refractivity contribution is 14.1. The Bertz CT molecular complexity index is 340. The molecule has 0 aliphatic heterocycles. The smallest absolute Gasteiger partial charge is 0.337 e. The van der Waals surface area contributed by atoms with Gasteiger partial charge >= 0.3 is 5.97 Å². The second-order valence-electron chi connectivity index (χ2n) is 2.38. The fourth-order valence-corrected chi connectivity index (χ4v) is 1.86. The molecule has 1 atom stereocenters. The fourth-order valence-electron chi connectivity index (χ4n) is 0.865. The highest BCUT2D eigenvalue weighted by Crippen LogP contribution is 2.28. The standard InChI is InChI=1S/C8H6BrIO3/c9-6-4(7(11)8(12)13)2-1-3-5(6)10/h1-3,7,11H,(H,12,13). The lowest BCUT2D eigenvalue weighted by atomic mass is 10.1. The second kappa shape index (κ2) is 4.39. The summed E-state index contributed by atoms with van der Waals surface area (Å²) < 4.78 is 1.50. The van der Waals surface area contributed by atoms with E-state index in [2.05, 4.69) is 38.5 Å². The SMILES string of the molecule is O=C(O)C(O)c1cccc(I)c1Br. The first-order valence-corrected chi connectivity index (χ1v) is 5.26. The molecule has 0 heterocycles. The first kappa shape index (κ1) is 10.9. The Kier molecular flexibility index (Phi) is 3.69. The molecule has 2 N–H and O–H groups in total. The molecule has 0 spiro atoms. The fraction of sp³-hybridized carbons (Fsp3) is 0.125. The van der Waals surface area contributed by atoms with Crippen molar-refractivity contribution in [3.8, 4) is 0 Å². The molecular weight excluding hydrogens is 351 g/mol. The van der Waals surface area contributed by atoms with Gasteiger partial charge in [0, 0.05) is 13.6 Å². The predicted molar refractivity (Wildman–Crippen MR) is 59.5 cm³/mol. The van der Waals surface area contributed by atoms with Crippen LogP contribution in [0, 0.1) is 3.57 Å². The zero-order valence-corrected chi connectivity index (χ0v) is 10.1. The van der Waals surface area contributed by atoms with Gasteiger partial charge in [-0.1, -0.05) is 12.1 Å². The Morgan fingerprint density at radius 1 is 1.54 bits per heavy atom. The van der Waals surface area contributed by atoms with Gasteiger partial charge in [-0.15, -0.1) is 0 Å². The maximum Gasteiger partial charge on any atom is 0.337 e. The van der Waals surface area contributed by atoms with Gasteiger partial charge in [-0.05, 0) is 44.6 Å². The summed E-state index contributed by atoms with van der Waals surface area (Å²) in [5.74, 6) is -1.25. The van der Waals surface area contributed by atoms with Crippen LogP contribution in [0.15, 0.2) is 22.7 Å². The second-order valence-corrected chi connectivity index (χ2v) is 4.34. The predicted octanol–water partition coefficient (Wildman–Crippen LogP) is 2.17. The van der Waals surface area contributed by atoms with Crippen molar-refractivity contribution in [2.75, 3.05) is 0 Å². The maximum atomic E-state index is 10.5. The highest BCUT2D eigenvalue weighted by atomic mass is 127. The van der Waals surface area contributed by atoms with Gasteiger partial charge in [-0.3, -0.25) is 0 Å². The molecule has 0 fully saturated rings. The van der Waals surface area contributed by atoms with Crippen molar-refractivity contribution in [1.82, 2.24) is 0 Å². The molecule has 0 aliphatic rings. The number of carboxylic acids is 1. The van der Waals surface area contributed by atoms with E-state index in [4.69, 9.17) is 5.11 Å². The van der Waals surface area contributed by atoms with Crippen LogP contribution in [-0.2, 0) is 4.79 Å². The van der Waals surface area contributed by atoms with Gasteiger partial charge in [-0.2, -0.15) is 0 Å². The van der Waals surface area contributed by atoms with Crippen molar-refractivity contribution in [3.05, 3.63) is 31.8 Å². The molecule has 0 saturated carbocycles. The van der Waals surface area contributed by atoms with Gasteiger partial charge < -0.3 is 10.2 Å². The summed E-state index contributed by atoms with van der Waals surface area (Å²) in [6.07, 6.45) is -1.47. The number of aliphatic hydroxyl groups is 1. The summed E-state index contributed by atoms with van der Waals surface area (Å²) in [5, 5.41) is 17.8. The van der Waals surface area contributed by atoms with Crippen LogP contribution in [0.1, 0.15) is 11.7 Å². The average molecular weight is 357 g/mol. The quantitative estimate of drug-likeness (QED) is 0.798. The number of halogens is 2. The molecule has 0 aromatic heterocycles. The van der Waals surface area contributed by atoms with Gasteiger partial charge in [0.15, 0.2) is 6.10 Å². The monoisotopic (exact) mass is 356 g/mol. The van der Waals surface area contributed by atoms with Crippen LogP contribution in [0.2, 0.25) is 0 Å². The number of hydrogen-bond acceptors (Lipinski definition) is 2. The summed E-state index contributed by atoms with van der Waals surface area (Å²) in [6, 6.07) is 5.10. The number of carboxylic acid groups (broad SMARTS) is 1. The first-order chi connectivity index (χ1) is 6.04. The van der Waals surface area contributed by atoms with Crippen molar-refractivity contribution in [1.29, 1.82) is 0 Å². The number of rotatable bonds is 2. The number of aliphatic carboxylic acids is 1. The molecule has 0 amide bonds. The molecule has 0 aliphatic carbocycles. The normalized spacial score (nSPS) is 12.5. The Labute approximate surface area is 97.0 Å². The van der Waals surface area contributed by atoms with E-state index < -0.39 is 12.1 Å². The molecule has 0 bridgehead atoms. The zero-order valence-electron chi connectivity index (χ0n) is 6.37. The van der Waals surface area contributed by atoms with Gasteiger partial charge in [0.1, 0.15) is 0 Å². The molecule has 0 radical (unpaired) electrons. The van der Waals surface area contributed by atoms with E-state index in [1.54, 1.807) is 12.1 Å².